The first-order valence-electron chi connectivity index (χ1n) is 11.7. The number of fused-ring (bicyclic) bond motifs is 2. The number of aromatic nitrogens is 1. The van der Waals surface area contributed by atoms with Crippen molar-refractivity contribution < 1.29 is 23.8 Å². The maximum atomic E-state index is 14.2. The summed E-state index contributed by atoms with van der Waals surface area (Å²) in [6.07, 6.45) is 3.42. The second-order valence-corrected chi connectivity index (χ2v) is 9.16. The third-order valence-electron chi connectivity index (χ3n) is 6.99. The molecule has 0 saturated carbocycles. The van der Waals surface area contributed by atoms with Gasteiger partial charge in [0.2, 0.25) is 0 Å². The van der Waals surface area contributed by atoms with Crippen LogP contribution in [-0.2, 0) is 0 Å². The molecule has 1 aromatic heterocycles. The summed E-state index contributed by atoms with van der Waals surface area (Å²) >= 11 is 0. The van der Waals surface area contributed by atoms with E-state index in [9.17, 15) is 14.3 Å². The second kappa shape index (κ2) is 9.19. The first-order valence-corrected chi connectivity index (χ1v) is 11.7. The van der Waals surface area contributed by atoms with Gasteiger partial charge < -0.3 is 25.2 Å². The highest BCUT2D eigenvalue weighted by Gasteiger charge is 2.43. The predicted molar refractivity (Wildman–Crippen MR) is 130 cm³/mol. The Labute approximate surface area is 203 Å². The molecule has 3 N–H and O–H groups in total. The molecule has 3 aromatic rings. The molecule has 35 heavy (non-hydrogen) atoms. The number of halogens is 1. The van der Waals surface area contributed by atoms with Gasteiger partial charge in [-0.05, 0) is 55.5 Å². The molecule has 3 heterocycles. The number of methoxy groups -OCH3 is 2. The van der Waals surface area contributed by atoms with Gasteiger partial charge in [-0.15, -0.1) is 0 Å². The Morgan fingerprint density at radius 1 is 1.03 bits per heavy atom. The third-order valence-corrected chi connectivity index (χ3v) is 6.99. The van der Waals surface area contributed by atoms with Crippen LogP contribution in [0.25, 0.3) is 22.4 Å². The molecule has 2 saturated heterocycles. The van der Waals surface area contributed by atoms with E-state index >= 15 is 0 Å². The summed E-state index contributed by atoms with van der Waals surface area (Å²) in [7, 11) is 2.98. The Bertz CT molecular complexity index is 1270. The first kappa shape index (κ1) is 23.1. The molecule has 182 valence electrons. The fourth-order valence-corrected chi connectivity index (χ4v) is 5.44. The summed E-state index contributed by atoms with van der Waals surface area (Å²) in [5, 5.41) is 10.4. The number of aromatic hydroxyl groups is 1. The standard InChI is InChI=1S/C27H28FN3O4/c1-34-23-9-6-15(11-22(23)32)25-24(35-2)14-21(30-26(25)16-4-3-5-17(28)10-16)27(33)31-19-7-8-20(31)13-18(29)12-19/h3-6,9-11,14,18-20,32H,7-8,12-13,29H2,1-2H3. The number of ether oxygens (including phenoxy) is 2. The third kappa shape index (κ3) is 4.18. The molecule has 2 aromatic carbocycles. The Hall–Kier alpha value is -3.65. The van der Waals surface area contributed by atoms with Crippen molar-refractivity contribution in [2.45, 2.75) is 43.8 Å². The molecule has 2 aliphatic rings. The van der Waals surface area contributed by atoms with Crippen molar-refractivity contribution in [2.75, 3.05) is 14.2 Å². The van der Waals surface area contributed by atoms with Crippen LogP contribution >= 0.6 is 0 Å². The number of hydrogen-bond acceptors (Lipinski definition) is 6. The lowest BCUT2D eigenvalue weighted by Crippen LogP contribution is -2.50. The lowest BCUT2D eigenvalue weighted by molar-refractivity contribution is 0.0568. The maximum Gasteiger partial charge on any atom is 0.273 e. The van der Waals surface area contributed by atoms with Crippen LogP contribution in [0.1, 0.15) is 36.2 Å². The first-order chi connectivity index (χ1) is 16.9. The highest BCUT2D eigenvalue weighted by molar-refractivity contribution is 5.97. The van der Waals surface area contributed by atoms with Crippen molar-refractivity contribution in [3.63, 3.8) is 0 Å². The minimum Gasteiger partial charge on any atom is -0.504 e. The summed E-state index contributed by atoms with van der Waals surface area (Å²) in [4.78, 5) is 20.4. The molecule has 0 radical (unpaired) electrons. The fraction of sp³-hybridized carbons (Fsp3) is 0.333. The Morgan fingerprint density at radius 3 is 2.37 bits per heavy atom. The fourth-order valence-electron chi connectivity index (χ4n) is 5.44. The smallest absolute Gasteiger partial charge is 0.273 e. The molecule has 2 fully saturated rings. The second-order valence-electron chi connectivity index (χ2n) is 9.16. The zero-order valence-corrected chi connectivity index (χ0v) is 19.7. The average Bonchev–Trinajstić information content (AvgIpc) is 3.13. The Morgan fingerprint density at radius 2 is 1.74 bits per heavy atom. The lowest BCUT2D eigenvalue weighted by atomic mass is 9.95. The molecule has 7 nitrogen and oxygen atoms in total. The van der Waals surface area contributed by atoms with Crippen LogP contribution in [0, 0.1) is 5.82 Å². The number of benzene rings is 2. The molecule has 2 bridgehead atoms. The molecular formula is C27H28FN3O4. The molecule has 5 rings (SSSR count). The number of pyridine rings is 1. The largest absolute Gasteiger partial charge is 0.504 e. The van der Waals surface area contributed by atoms with Gasteiger partial charge in [0.15, 0.2) is 11.5 Å². The van der Waals surface area contributed by atoms with Crippen molar-refractivity contribution in [3.8, 4) is 39.6 Å². The molecule has 2 aliphatic heterocycles. The zero-order valence-electron chi connectivity index (χ0n) is 19.7. The number of phenolic OH excluding ortho intramolecular Hbond substituents is 1. The van der Waals surface area contributed by atoms with Crippen LogP contribution in [0.4, 0.5) is 4.39 Å². The van der Waals surface area contributed by atoms with E-state index in [-0.39, 0.29) is 35.5 Å². The number of piperidine rings is 1. The monoisotopic (exact) mass is 477 g/mol. The van der Waals surface area contributed by atoms with Crippen LogP contribution in [0.2, 0.25) is 0 Å². The van der Waals surface area contributed by atoms with Gasteiger partial charge in [0.1, 0.15) is 17.3 Å². The minimum atomic E-state index is -0.424. The number of hydrogen-bond donors (Lipinski definition) is 2. The van der Waals surface area contributed by atoms with Gasteiger partial charge in [-0.3, -0.25) is 4.79 Å². The van der Waals surface area contributed by atoms with E-state index in [4.69, 9.17) is 20.2 Å². The van der Waals surface area contributed by atoms with Gasteiger partial charge in [0.05, 0.1) is 25.5 Å². The topological polar surface area (TPSA) is 97.9 Å². The lowest BCUT2D eigenvalue weighted by Gasteiger charge is -2.37. The van der Waals surface area contributed by atoms with Crippen LogP contribution in [0.3, 0.4) is 0 Å². The van der Waals surface area contributed by atoms with E-state index in [0.29, 0.717) is 33.9 Å². The van der Waals surface area contributed by atoms with Crippen molar-refractivity contribution in [2.24, 2.45) is 5.73 Å². The van der Waals surface area contributed by atoms with Gasteiger partial charge in [-0.25, -0.2) is 9.37 Å². The molecule has 8 heteroatoms. The van der Waals surface area contributed by atoms with E-state index < -0.39 is 5.82 Å². The van der Waals surface area contributed by atoms with Gasteiger partial charge >= 0.3 is 0 Å². The predicted octanol–water partition coefficient (Wildman–Crippen LogP) is 4.37. The van der Waals surface area contributed by atoms with Gasteiger partial charge in [0.25, 0.3) is 5.91 Å². The van der Waals surface area contributed by atoms with E-state index in [1.807, 2.05) is 4.90 Å². The quantitative estimate of drug-likeness (QED) is 0.566. The summed E-state index contributed by atoms with van der Waals surface area (Å²) in [6.45, 7) is 0. The summed E-state index contributed by atoms with van der Waals surface area (Å²) in [6, 6.07) is 12.9. The molecule has 2 atom stereocenters. The number of nitrogens with zero attached hydrogens (tertiary/aromatic N) is 2. The maximum absolute atomic E-state index is 14.2. The molecule has 1 amide bonds. The van der Waals surface area contributed by atoms with E-state index in [2.05, 4.69) is 0 Å². The van der Waals surface area contributed by atoms with Gasteiger partial charge in [0, 0.05) is 29.8 Å². The number of amides is 1. The van der Waals surface area contributed by atoms with Gasteiger partial charge in [-0.1, -0.05) is 18.2 Å². The number of carbonyl (C=O) groups is 1. The molecular weight excluding hydrogens is 449 g/mol. The van der Waals surface area contributed by atoms with Crippen molar-refractivity contribution in [3.05, 3.63) is 60.0 Å². The van der Waals surface area contributed by atoms with Crippen LogP contribution < -0.4 is 15.2 Å². The van der Waals surface area contributed by atoms with Crippen molar-refractivity contribution in [1.29, 1.82) is 0 Å². The molecule has 0 spiro atoms. The summed E-state index contributed by atoms with van der Waals surface area (Å²) in [5.41, 5.74) is 8.44. The van der Waals surface area contributed by atoms with E-state index in [0.717, 1.165) is 25.7 Å². The van der Waals surface area contributed by atoms with E-state index in [1.54, 1.807) is 30.3 Å². The number of rotatable bonds is 5. The van der Waals surface area contributed by atoms with Crippen molar-refractivity contribution in [1.82, 2.24) is 9.88 Å². The minimum absolute atomic E-state index is 0.0568. The number of nitrogens with two attached hydrogens (primary N) is 1. The summed E-state index contributed by atoms with van der Waals surface area (Å²) < 4.78 is 25.1. The molecule has 2 unspecified atom stereocenters. The number of carbonyl (C=O) groups excluding carboxylic acids is 1. The normalized spacial score (nSPS) is 21.1. The van der Waals surface area contributed by atoms with Crippen molar-refractivity contribution >= 4 is 5.91 Å². The highest BCUT2D eigenvalue weighted by atomic mass is 19.1. The van der Waals surface area contributed by atoms with Gasteiger partial charge in [-0.2, -0.15) is 0 Å². The number of phenols is 1. The average molecular weight is 478 g/mol. The van der Waals surface area contributed by atoms with Crippen LogP contribution in [0.5, 0.6) is 17.2 Å². The van der Waals surface area contributed by atoms with Crippen LogP contribution in [-0.4, -0.2) is 53.2 Å². The van der Waals surface area contributed by atoms with Crippen LogP contribution in [0.15, 0.2) is 48.5 Å². The Balaban J connectivity index is 1.67. The summed E-state index contributed by atoms with van der Waals surface area (Å²) in [5.74, 6) is 0.0569. The Kier molecular flexibility index (Phi) is 6.06. The molecule has 0 aliphatic carbocycles. The SMILES string of the molecule is COc1ccc(-c2c(OC)cc(C(=O)N3C4CCC3CC(N)C4)nc2-c2cccc(F)c2)cc1O. The zero-order chi connectivity index (χ0) is 24.7. The highest BCUT2D eigenvalue weighted by Crippen LogP contribution is 2.43. The van der Waals surface area contributed by atoms with E-state index in [1.165, 1.54) is 32.4 Å².